The molecule has 1 aromatic rings. The van der Waals surface area contributed by atoms with Gasteiger partial charge in [0, 0.05) is 57.3 Å². The van der Waals surface area contributed by atoms with Crippen LogP contribution in [0.2, 0.25) is 0 Å². The maximum Gasteiger partial charge on any atom is 0.273 e. The maximum atomic E-state index is 12.8. The first kappa shape index (κ1) is 18.8. The van der Waals surface area contributed by atoms with Crippen LogP contribution in [0.5, 0.6) is 0 Å². The Bertz CT molecular complexity index is 571. The Morgan fingerprint density at radius 3 is 2.72 bits per heavy atom. The van der Waals surface area contributed by atoms with Gasteiger partial charge in [0.2, 0.25) is 0 Å². The van der Waals surface area contributed by atoms with Gasteiger partial charge in [0.1, 0.15) is 5.69 Å². The van der Waals surface area contributed by atoms with Gasteiger partial charge in [0.15, 0.2) is 0 Å². The Kier molecular flexibility index (Phi) is 6.44. The fourth-order valence-electron chi connectivity index (χ4n) is 4.10. The SMILES string of the molecule is Cc1nc(C(=O)N2CC[C@H](N3CCN(C)CC3)[C@H](CCCO)C2)cs1. The number of nitrogens with zero attached hydrogens (tertiary/aromatic N) is 4. The molecule has 2 fully saturated rings. The standard InChI is InChI=1S/C18H30N4O2S/c1-14-19-16(13-25-14)18(24)22-6-5-17(15(12-22)4-3-11-23)21-9-7-20(2)8-10-21/h13,15,17,23H,3-12H2,1-2H3/t15-,17+/m1/s1. The first-order chi connectivity index (χ1) is 12.1. The molecule has 1 N–H and O–H groups in total. The number of thiazole rings is 1. The Hall–Kier alpha value is -1.02. The lowest BCUT2D eigenvalue weighted by molar-refractivity contribution is 0.0215. The zero-order valence-electron chi connectivity index (χ0n) is 15.4. The summed E-state index contributed by atoms with van der Waals surface area (Å²) in [5, 5.41) is 12.1. The molecule has 6 nitrogen and oxygen atoms in total. The minimum Gasteiger partial charge on any atom is -0.396 e. The molecular formula is C18H30N4O2S. The number of amides is 1. The molecular weight excluding hydrogens is 336 g/mol. The summed E-state index contributed by atoms with van der Waals surface area (Å²) in [6.45, 7) is 8.20. The predicted octanol–water partition coefficient (Wildman–Crippen LogP) is 1.30. The van der Waals surface area contributed by atoms with Crippen LogP contribution in [0, 0.1) is 12.8 Å². The summed E-state index contributed by atoms with van der Waals surface area (Å²) in [6.07, 6.45) is 2.81. The van der Waals surface area contributed by atoms with E-state index in [-0.39, 0.29) is 12.5 Å². The Morgan fingerprint density at radius 2 is 2.08 bits per heavy atom. The van der Waals surface area contributed by atoms with Crippen LogP contribution in [0.1, 0.15) is 34.8 Å². The van der Waals surface area contributed by atoms with Crippen molar-refractivity contribution in [3.8, 4) is 0 Å². The lowest BCUT2D eigenvalue weighted by Gasteiger charge is -2.46. The Labute approximate surface area is 154 Å². The fraction of sp³-hybridized carbons (Fsp3) is 0.778. The van der Waals surface area contributed by atoms with E-state index in [0.717, 1.165) is 63.5 Å². The van der Waals surface area contributed by atoms with Crippen molar-refractivity contribution in [2.75, 3.05) is 52.9 Å². The van der Waals surface area contributed by atoms with Crippen LogP contribution in [0.25, 0.3) is 0 Å². The van der Waals surface area contributed by atoms with Crippen molar-refractivity contribution in [1.82, 2.24) is 19.7 Å². The summed E-state index contributed by atoms with van der Waals surface area (Å²) in [5.74, 6) is 0.503. The molecule has 0 aliphatic carbocycles. The number of carbonyl (C=O) groups is 1. The summed E-state index contributed by atoms with van der Waals surface area (Å²) >= 11 is 1.53. The monoisotopic (exact) mass is 366 g/mol. The third-order valence-corrected chi connectivity index (χ3v) is 6.33. The molecule has 2 atom stereocenters. The number of likely N-dealkylation sites (N-methyl/N-ethyl adjacent to an activating group) is 1. The third-order valence-electron chi connectivity index (χ3n) is 5.56. The van der Waals surface area contributed by atoms with Crippen LogP contribution in [0.3, 0.4) is 0 Å². The van der Waals surface area contributed by atoms with E-state index >= 15 is 0 Å². The van der Waals surface area contributed by atoms with Gasteiger partial charge in [-0.1, -0.05) is 0 Å². The minimum absolute atomic E-state index is 0.0650. The lowest BCUT2D eigenvalue weighted by atomic mass is 9.86. The second kappa shape index (κ2) is 8.58. The largest absolute Gasteiger partial charge is 0.396 e. The number of rotatable bonds is 5. The van der Waals surface area contributed by atoms with Crippen molar-refractivity contribution < 1.29 is 9.90 Å². The van der Waals surface area contributed by atoms with Crippen molar-refractivity contribution in [3.05, 3.63) is 16.1 Å². The molecule has 2 aliphatic rings. The van der Waals surface area contributed by atoms with Crippen LogP contribution < -0.4 is 0 Å². The second-order valence-electron chi connectivity index (χ2n) is 7.32. The van der Waals surface area contributed by atoms with Gasteiger partial charge in [-0.3, -0.25) is 9.69 Å². The van der Waals surface area contributed by atoms with E-state index in [0.29, 0.717) is 17.7 Å². The third kappa shape index (κ3) is 4.58. The van der Waals surface area contributed by atoms with E-state index in [1.807, 2.05) is 17.2 Å². The van der Waals surface area contributed by atoms with Crippen molar-refractivity contribution in [2.24, 2.45) is 5.92 Å². The highest BCUT2D eigenvalue weighted by molar-refractivity contribution is 7.09. The van der Waals surface area contributed by atoms with Crippen LogP contribution in [0.15, 0.2) is 5.38 Å². The van der Waals surface area contributed by atoms with Crippen molar-refractivity contribution in [1.29, 1.82) is 0 Å². The first-order valence-electron chi connectivity index (χ1n) is 9.33. The molecule has 3 rings (SSSR count). The van der Waals surface area contributed by atoms with Gasteiger partial charge in [-0.25, -0.2) is 4.98 Å². The summed E-state index contributed by atoms with van der Waals surface area (Å²) in [6, 6.07) is 0.529. The fourth-order valence-corrected chi connectivity index (χ4v) is 4.69. The Balaban J connectivity index is 1.66. The van der Waals surface area contributed by atoms with E-state index in [2.05, 4.69) is 21.8 Å². The predicted molar refractivity (Wildman–Crippen MR) is 100 cm³/mol. The molecule has 7 heteroatoms. The zero-order valence-corrected chi connectivity index (χ0v) is 16.2. The summed E-state index contributed by atoms with van der Waals surface area (Å²) < 4.78 is 0. The number of aliphatic hydroxyl groups is 1. The number of aryl methyl sites for hydroxylation is 1. The van der Waals surface area contributed by atoms with Gasteiger partial charge in [0.05, 0.1) is 5.01 Å². The second-order valence-corrected chi connectivity index (χ2v) is 8.39. The molecule has 3 heterocycles. The molecule has 0 bridgehead atoms. The van der Waals surface area contributed by atoms with Crippen LogP contribution in [-0.4, -0.2) is 89.7 Å². The van der Waals surface area contributed by atoms with Gasteiger partial charge in [0.25, 0.3) is 5.91 Å². The quantitative estimate of drug-likeness (QED) is 0.851. The first-order valence-corrected chi connectivity index (χ1v) is 10.2. The van der Waals surface area contributed by atoms with Crippen molar-refractivity contribution in [2.45, 2.75) is 32.2 Å². The highest BCUT2D eigenvalue weighted by Gasteiger charge is 2.36. The molecule has 0 unspecified atom stereocenters. The number of likely N-dealkylation sites (tertiary alicyclic amines) is 1. The Morgan fingerprint density at radius 1 is 1.32 bits per heavy atom. The number of carbonyl (C=O) groups excluding carboxylic acids is 1. The van der Waals surface area contributed by atoms with Gasteiger partial charge < -0.3 is 14.9 Å². The van der Waals surface area contributed by atoms with Gasteiger partial charge >= 0.3 is 0 Å². The number of hydrogen-bond donors (Lipinski definition) is 1. The van der Waals surface area contributed by atoms with E-state index in [4.69, 9.17) is 0 Å². The van der Waals surface area contributed by atoms with Crippen molar-refractivity contribution in [3.63, 3.8) is 0 Å². The molecule has 0 spiro atoms. The highest BCUT2D eigenvalue weighted by atomic mass is 32.1. The summed E-state index contributed by atoms with van der Waals surface area (Å²) in [4.78, 5) is 24.1. The molecule has 140 valence electrons. The molecule has 0 radical (unpaired) electrons. The highest BCUT2D eigenvalue weighted by Crippen LogP contribution is 2.28. The van der Waals surface area contributed by atoms with E-state index < -0.39 is 0 Å². The molecule has 25 heavy (non-hydrogen) atoms. The van der Waals surface area contributed by atoms with Crippen LogP contribution >= 0.6 is 11.3 Å². The van der Waals surface area contributed by atoms with Gasteiger partial charge in [-0.05, 0) is 39.2 Å². The van der Waals surface area contributed by atoms with Gasteiger partial charge in [-0.15, -0.1) is 11.3 Å². The number of aliphatic hydroxyl groups excluding tert-OH is 1. The summed E-state index contributed by atoms with van der Waals surface area (Å²) in [7, 11) is 2.18. The average Bonchev–Trinajstić information content (AvgIpc) is 3.06. The lowest BCUT2D eigenvalue weighted by Crippen LogP contribution is -2.57. The number of aromatic nitrogens is 1. The number of hydrogen-bond acceptors (Lipinski definition) is 6. The van der Waals surface area contributed by atoms with Crippen molar-refractivity contribution >= 4 is 17.2 Å². The average molecular weight is 367 g/mol. The number of piperidine rings is 1. The van der Waals surface area contributed by atoms with Crippen LogP contribution in [0.4, 0.5) is 0 Å². The topological polar surface area (TPSA) is 59.9 Å². The molecule has 0 saturated carbocycles. The molecule has 1 aromatic heterocycles. The normalized spacial score (nSPS) is 26.1. The summed E-state index contributed by atoms with van der Waals surface area (Å²) in [5.41, 5.74) is 0.585. The van der Waals surface area contributed by atoms with Gasteiger partial charge in [-0.2, -0.15) is 0 Å². The molecule has 1 amide bonds. The van der Waals surface area contributed by atoms with Crippen LogP contribution in [-0.2, 0) is 0 Å². The zero-order chi connectivity index (χ0) is 17.8. The minimum atomic E-state index is 0.0650. The molecule has 2 saturated heterocycles. The van der Waals surface area contributed by atoms with E-state index in [1.54, 1.807) is 0 Å². The van der Waals surface area contributed by atoms with E-state index in [1.165, 1.54) is 11.3 Å². The smallest absolute Gasteiger partial charge is 0.273 e. The number of piperazine rings is 1. The molecule has 2 aliphatic heterocycles. The maximum absolute atomic E-state index is 12.8. The molecule has 0 aromatic carbocycles. The van der Waals surface area contributed by atoms with E-state index in [9.17, 15) is 9.90 Å².